The molecule has 9 nitrogen and oxygen atoms in total. The summed E-state index contributed by atoms with van der Waals surface area (Å²) >= 11 is 0. The van der Waals surface area contributed by atoms with Gasteiger partial charge in [-0.15, -0.1) is 0 Å². The van der Waals surface area contributed by atoms with Crippen LogP contribution in [0, 0.1) is 13.8 Å². The molecule has 0 bridgehead atoms. The number of primary sulfonamides is 1. The Balaban J connectivity index is 1.55. The zero-order chi connectivity index (χ0) is 21.9. The van der Waals surface area contributed by atoms with Gasteiger partial charge in [-0.2, -0.15) is 0 Å². The van der Waals surface area contributed by atoms with Gasteiger partial charge in [0.05, 0.1) is 16.2 Å². The predicted molar refractivity (Wildman–Crippen MR) is 110 cm³/mol. The van der Waals surface area contributed by atoms with Crippen molar-refractivity contribution in [3.63, 3.8) is 0 Å². The number of aryl methyl sites for hydroxylation is 2. The van der Waals surface area contributed by atoms with Gasteiger partial charge in [0.2, 0.25) is 10.0 Å². The number of amides is 1. The third-order valence-corrected chi connectivity index (χ3v) is 5.25. The largest absolute Gasteiger partial charge is 0.452 e. The number of anilines is 1. The Kier molecular flexibility index (Phi) is 5.99. The summed E-state index contributed by atoms with van der Waals surface area (Å²) < 4.78 is 27.5. The number of hydrogen-bond donors (Lipinski definition) is 3. The molecule has 1 aromatic heterocycles. The normalized spacial score (nSPS) is 11.2. The van der Waals surface area contributed by atoms with Crippen molar-refractivity contribution in [3.8, 4) is 11.4 Å². The van der Waals surface area contributed by atoms with Crippen LogP contribution in [0.3, 0.4) is 0 Å². The van der Waals surface area contributed by atoms with Gasteiger partial charge in [-0.05, 0) is 50.2 Å². The van der Waals surface area contributed by atoms with Crippen LogP contribution >= 0.6 is 0 Å². The van der Waals surface area contributed by atoms with Gasteiger partial charge in [-0.25, -0.2) is 23.3 Å². The van der Waals surface area contributed by atoms with E-state index in [1.807, 2.05) is 13.8 Å². The van der Waals surface area contributed by atoms with Gasteiger partial charge in [0.25, 0.3) is 5.91 Å². The molecule has 0 saturated heterocycles. The van der Waals surface area contributed by atoms with Crippen molar-refractivity contribution in [1.82, 2.24) is 9.97 Å². The Bertz CT molecular complexity index is 1160. The molecule has 0 atom stereocenters. The minimum absolute atomic E-state index is 0.0738. The van der Waals surface area contributed by atoms with E-state index >= 15 is 0 Å². The van der Waals surface area contributed by atoms with Crippen LogP contribution in [0.25, 0.3) is 11.4 Å². The van der Waals surface area contributed by atoms with E-state index in [9.17, 15) is 18.0 Å². The van der Waals surface area contributed by atoms with Gasteiger partial charge >= 0.3 is 5.97 Å². The minimum atomic E-state index is -3.81. The monoisotopic (exact) mass is 428 g/mol. The Morgan fingerprint density at radius 2 is 1.70 bits per heavy atom. The number of rotatable bonds is 6. The van der Waals surface area contributed by atoms with E-state index in [0.29, 0.717) is 17.1 Å². The van der Waals surface area contributed by atoms with Gasteiger partial charge in [0, 0.05) is 16.9 Å². The number of carbonyl (C=O) groups excluding carboxylic acids is 2. The Hall–Kier alpha value is -3.50. The van der Waals surface area contributed by atoms with E-state index in [0.717, 1.165) is 17.0 Å². The van der Waals surface area contributed by atoms with Crippen LogP contribution in [-0.2, 0) is 19.6 Å². The molecule has 0 aliphatic carbocycles. The smallest absolute Gasteiger partial charge is 0.338 e. The van der Waals surface area contributed by atoms with E-state index in [1.54, 1.807) is 24.3 Å². The minimum Gasteiger partial charge on any atom is -0.452 e. The second-order valence-corrected chi connectivity index (χ2v) is 8.13. The molecule has 3 aromatic rings. The Morgan fingerprint density at radius 1 is 1.07 bits per heavy atom. The van der Waals surface area contributed by atoms with Gasteiger partial charge < -0.3 is 15.0 Å². The highest BCUT2D eigenvalue weighted by Gasteiger charge is 2.13. The number of carbonyl (C=O) groups is 2. The molecule has 0 fully saturated rings. The zero-order valence-corrected chi connectivity index (χ0v) is 17.1. The molecule has 30 heavy (non-hydrogen) atoms. The predicted octanol–water partition coefficient (Wildman–Crippen LogP) is 2.14. The van der Waals surface area contributed by atoms with E-state index in [4.69, 9.17) is 9.88 Å². The maximum Gasteiger partial charge on any atom is 0.338 e. The Morgan fingerprint density at radius 3 is 2.23 bits per heavy atom. The van der Waals surface area contributed by atoms with Gasteiger partial charge in [-0.3, -0.25) is 4.79 Å². The topological polar surface area (TPSA) is 144 Å². The fraction of sp³-hybridized carbons (Fsp3) is 0.150. The molecule has 1 heterocycles. The van der Waals surface area contributed by atoms with Crippen molar-refractivity contribution in [2.45, 2.75) is 18.7 Å². The van der Waals surface area contributed by atoms with Crippen LogP contribution in [0.5, 0.6) is 0 Å². The fourth-order valence-electron chi connectivity index (χ4n) is 2.59. The van der Waals surface area contributed by atoms with Crippen LogP contribution in [0.1, 0.15) is 21.7 Å². The molecular formula is C20H20N4O5S. The summed E-state index contributed by atoms with van der Waals surface area (Å²) in [5.74, 6) is -0.504. The average molecular weight is 428 g/mol. The first-order valence-corrected chi connectivity index (χ1v) is 10.4. The molecule has 0 radical (unpaired) electrons. The van der Waals surface area contributed by atoms with Crippen molar-refractivity contribution in [3.05, 3.63) is 65.5 Å². The highest BCUT2D eigenvalue weighted by molar-refractivity contribution is 7.89. The number of aromatic amines is 1. The highest BCUT2D eigenvalue weighted by Crippen LogP contribution is 2.19. The summed E-state index contributed by atoms with van der Waals surface area (Å²) in [4.78, 5) is 31.6. The van der Waals surface area contributed by atoms with Crippen molar-refractivity contribution < 1.29 is 22.7 Å². The second-order valence-electron chi connectivity index (χ2n) is 6.57. The number of nitrogens with one attached hydrogen (secondary N) is 2. The van der Waals surface area contributed by atoms with Crippen molar-refractivity contribution >= 4 is 27.6 Å². The maximum absolute atomic E-state index is 12.2. The molecule has 4 N–H and O–H groups in total. The number of benzene rings is 2. The number of nitrogens with zero attached hydrogens (tertiary/aromatic N) is 1. The molecule has 156 valence electrons. The number of sulfonamides is 1. The molecule has 0 aliphatic rings. The first-order valence-electron chi connectivity index (χ1n) is 8.87. The van der Waals surface area contributed by atoms with Crippen molar-refractivity contribution in [2.75, 3.05) is 11.9 Å². The molecule has 2 aromatic carbocycles. The molecule has 0 saturated carbocycles. The van der Waals surface area contributed by atoms with Crippen LogP contribution in [-0.4, -0.2) is 36.9 Å². The Labute approximate surface area is 173 Å². The first kappa shape index (κ1) is 21.2. The zero-order valence-electron chi connectivity index (χ0n) is 16.3. The summed E-state index contributed by atoms with van der Waals surface area (Å²) in [5.41, 5.74) is 3.34. The van der Waals surface area contributed by atoms with Crippen molar-refractivity contribution in [1.29, 1.82) is 0 Å². The number of nitrogens with two attached hydrogens (primary N) is 1. The standard InChI is InChI=1S/C20H20N4O5S/c1-12-13(2)23-19(22-12)14-3-5-15(6-4-14)20(26)29-11-18(25)24-16-7-9-17(10-8-16)30(21,27)28/h3-10H,11H2,1-2H3,(H,22,23)(H,24,25)(H2,21,27,28). The van der Waals surface area contributed by atoms with E-state index in [-0.39, 0.29) is 4.90 Å². The molecular weight excluding hydrogens is 408 g/mol. The number of esters is 1. The summed E-state index contributed by atoms with van der Waals surface area (Å²) in [6.45, 7) is 3.34. The SMILES string of the molecule is Cc1nc(-c2ccc(C(=O)OCC(=O)Nc3ccc(S(N)(=O)=O)cc3)cc2)[nH]c1C. The van der Waals surface area contributed by atoms with E-state index in [2.05, 4.69) is 15.3 Å². The summed E-state index contributed by atoms with van der Waals surface area (Å²) in [6.07, 6.45) is 0. The lowest BCUT2D eigenvalue weighted by molar-refractivity contribution is -0.119. The van der Waals surface area contributed by atoms with Crippen LogP contribution in [0.15, 0.2) is 53.4 Å². The lowest BCUT2D eigenvalue weighted by Crippen LogP contribution is -2.21. The fourth-order valence-corrected chi connectivity index (χ4v) is 3.10. The highest BCUT2D eigenvalue weighted by atomic mass is 32.2. The summed E-state index contributed by atoms with van der Waals surface area (Å²) in [6, 6.07) is 12.0. The molecule has 10 heteroatoms. The molecule has 3 rings (SSSR count). The first-order chi connectivity index (χ1) is 14.1. The number of imidazole rings is 1. The van der Waals surface area contributed by atoms with Crippen LogP contribution in [0.2, 0.25) is 0 Å². The molecule has 0 aliphatic heterocycles. The second kappa shape index (κ2) is 8.47. The average Bonchev–Trinajstić information content (AvgIpc) is 3.04. The van der Waals surface area contributed by atoms with E-state index in [1.165, 1.54) is 24.3 Å². The van der Waals surface area contributed by atoms with Crippen molar-refractivity contribution in [2.24, 2.45) is 5.14 Å². The molecule has 0 unspecified atom stereocenters. The number of aromatic nitrogens is 2. The summed E-state index contributed by atoms with van der Waals surface area (Å²) in [7, 11) is -3.81. The van der Waals surface area contributed by atoms with Gasteiger partial charge in [0.15, 0.2) is 6.61 Å². The van der Waals surface area contributed by atoms with Gasteiger partial charge in [0.1, 0.15) is 5.82 Å². The summed E-state index contributed by atoms with van der Waals surface area (Å²) in [5, 5.41) is 7.52. The third-order valence-electron chi connectivity index (χ3n) is 4.32. The number of ether oxygens (including phenoxy) is 1. The maximum atomic E-state index is 12.2. The molecule has 1 amide bonds. The molecule has 0 spiro atoms. The lowest BCUT2D eigenvalue weighted by Gasteiger charge is -2.07. The number of H-pyrrole nitrogens is 1. The number of hydrogen-bond acceptors (Lipinski definition) is 6. The van der Waals surface area contributed by atoms with Crippen LogP contribution in [0.4, 0.5) is 5.69 Å². The van der Waals surface area contributed by atoms with E-state index < -0.39 is 28.5 Å². The van der Waals surface area contributed by atoms with Gasteiger partial charge in [-0.1, -0.05) is 12.1 Å². The lowest BCUT2D eigenvalue weighted by atomic mass is 10.1. The van der Waals surface area contributed by atoms with Crippen LogP contribution < -0.4 is 10.5 Å². The quantitative estimate of drug-likeness (QED) is 0.513. The third kappa shape index (κ3) is 5.10.